The molecule has 6 aliphatic rings. The van der Waals surface area contributed by atoms with Crippen molar-refractivity contribution in [1.29, 1.82) is 0 Å². The van der Waals surface area contributed by atoms with Gasteiger partial charge < -0.3 is 0 Å². The Morgan fingerprint density at radius 3 is 1.48 bits per heavy atom. The first kappa shape index (κ1) is 18.4. The lowest BCUT2D eigenvalue weighted by Gasteiger charge is -2.67. The average molecular weight is 342 g/mol. The largest absolute Gasteiger partial charge is 0.149 e. The summed E-state index contributed by atoms with van der Waals surface area (Å²) < 4.78 is 0. The van der Waals surface area contributed by atoms with Crippen molar-refractivity contribution in [2.24, 2.45) is 46.3 Å². The monoisotopic (exact) mass is 342 g/mol. The van der Waals surface area contributed by atoms with E-state index >= 15 is 0 Å². The summed E-state index contributed by atoms with van der Waals surface area (Å²) in [7, 11) is 0. The van der Waals surface area contributed by atoms with E-state index in [9.17, 15) is 0 Å². The van der Waals surface area contributed by atoms with Crippen LogP contribution in [0, 0.1) is 46.3 Å². The van der Waals surface area contributed by atoms with Crippen LogP contribution in [0.4, 0.5) is 0 Å². The summed E-state index contributed by atoms with van der Waals surface area (Å²) in [5.74, 6) is 8.92. The smallest absolute Gasteiger partial charge is 0.0691 e. The van der Waals surface area contributed by atoms with E-state index in [4.69, 9.17) is 0 Å². The highest BCUT2D eigenvalue weighted by atomic mass is 14.6. The lowest BCUT2D eigenvalue weighted by Crippen LogP contribution is -2.60. The molecule has 0 aromatic heterocycles. The third kappa shape index (κ3) is 2.39. The van der Waals surface area contributed by atoms with E-state index in [2.05, 4.69) is 55.4 Å². The van der Waals surface area contributed by atoms with Gasteiger partial charge in [0.15, 0.2) is 0 Å². The highest BCUT2D eigenvalue weighted by Crippen LogP contribution is 2.70. The maximum absolute atomic E-state index is 2.64. The molecule has 25 heavy (non-hydrogen) atoms. The summed E-state index contributed by atoms with van der Waals surface area (Å²) in [6, 6.07) is 0. The molecule has 0 N–H and O–H groups in total. The average Bonchev–Trinajstić information content (AvgIpc) is 2.56. The normalized spacial score (nSPS) is 50.4. The number of rotatable bonds is 4. The van der Waals surface area contributed by atoms with E-state index in [1.54, 1.807) is 12.8 Å². The molecule has 0 aromatic carbocycles. The van der Waals surface area contributed by atoms with Crippen molar-refractivity contribution >= 4 is 6.71 Å². The Bertz CT molecular complexity index is 478. The Balaban J connectivity index is 1.58. The fraction of sp³-hybridized carbons (Fsp3) is 1.00. The van der Waals surface area contributed by atoms with Crippen LogP contribution in [0.3, 0.4) is 0 Å². The molecule has 0 aliphatic heterocycles. The van der Waals surface area contributed by atoms with Crippen LogP contribution in [0.5, 0.6) is 0 Å². The Labute approximate surface area is 158 Å². The van der Waals surface area contributed by atoms with Crippen LogP contribution in [0.25, 0.3) is 0 Å². The summed E-state index contributed by atoms with van der Waals surface area (Å²) in [5, 5.41) is 0. The summed E-state index contributed by atoms with van der Waals surface area (Å²) in [5.41, 5.74) is 1.27. The van der Waals surface area contributed by atoms with Crippen molar-refractivity contribution in [3.8, 4) is 0 Å². The van der Waals surface area contributed by atoms with E-state index < -0.39 is 0 Å². The van der Waals surface area contributed by atoms with Crippen LogP contribution in [-0.2, 0) is 0 Å². The summed E-state index contributed by atoms with van der Waals surface area (Å²) >= 11 is 0. The minimum absolute atomic E-state index is 0.637. The molecule has 0 saturated heterocycles. The van der Waals surface area contributed by atoms with Crippen LogP contribution < -0.4 is 0 Å². The van der Waals surface area contributed by atoms with E-state index in [1.165, 1.54) is 19.3 Å². The minimum Gasteiger partial charge on any atom is -0.0691 e. The molecule has 6 saturated carbocycles. The van der Waals surface area contributed by atoms with Gasteiger partial charge in [0.1, 0.15) is 6.71 Å². The van der Waals surface area contributed by atoms with Crippen molar-refractivity contribution in [1.82, 2.24) is 0 Å². The first-order valence-electron chi connectivity index (χ1n) is 11.6. The first-order valence-corrected chi connectivity index (χ1v) is 11.6. The molecule has 0 spiro atoms. The molecule has 0 amide bonds. The van der Waals surface area contributed by atoms with Gasteiger partial charge in [-0.15, -0.1) is 0 Å². The van der Waals surface area contributed by atoms with E-state index in [0.717, 1.165) is 59.7 Å². The molecule has 1 heteroatoms. The van der Waals surface area contributed by atoms with Gasteiger partial charge in [0.2, 0.25) is 0 Å². The Kier molecular flexibility index (Phi) is 4.26. The highest BCUT2D eigenvalue weighted by molar-refractivity contribution is 6.63. The van der Waals surface area contributed by atoms with Gasteiger partial charge >= 0.3 is 0 Å². The van der Waals surface area contributed by atoms with Gasteiger partial charge in [0.25, 0.3) is 0 Å². The summed E-state index contributed by atoms with van der Waals surface area (Å²) in [6.45, 7) is 21.6. The fourth-order valence-electron chi connectivity index (χ4n) is 8.83. The Hall–Kier alpha value is 0.0649. The van der Waals surface area contributed by atoms with Crippen LogP contribution in [-0.4, -0.2) is 6.71 Å². The zero-order valence-electron chi connectivity index (χ0n) is 18.3. The molecular weight excluding hydrogens is 299 g/mol. The maximum Gasteiger partial charge on any atom is 0.149 e. The van der Waals surface area contributed by atoms with Crippen LogP contribution >= 0.6 is 0 Å². The van der Waals surface area contributed by atoms with E-state index in [-0.39, 0.29) is 0 Å². The van der Waals surface area contributed by atoms with Crippen molar-refractivity contribution in [3.05, 3.63) is 0 Å². The number of hydrogen-bond acceptors (Lipinski definition) is 0. The summed E-state index contributed by atoms with van der Waals surface area (Å²) in [4.78, 5) is 0. The predicted molar refractivity (Wildman–Crippen MR) is 111 cm³/mol. The molecule has 0 unspecified atom stereocenters. The standard InChI is InChI=1S/C24H43B/c1-9-14(2)25(21-12-17-10-19(15(21)3)23(17,5)6)22-13-18-11-20(16(22)4)24(18,7)8/h14-22H,9-13H2,1-8H3/t14-,15+,16+,17-,18-,19+,20+,21+,22+/m1/s1. The Morgan fingerprint density at radius 1 is 0.800 bits per heavy atom. The molecule has 4 bridgehead atoms. The molecule has 6 rings (SSSR count). The van der Waals surface area contributed by atoms with Crippen molar-refractivity contribution < 1.29 is 0 Å². The lowest BCUT2D eigenvalue weighted by atomic mass is 9.18. The zero-order chi connectivity index (χ0) is 18.3. The third-order valence-corrected chi connectivity index (χ3v) is 11.1. The summed E-state index contributed by atoms with van der Waals surface area (Å²) in [6.07, 6.45) is 7.55. The van der Waals surface area contributed by atoms with E-state index in [1.807, 2.05) is 0 Å². The second kappa shape index (κ2) is 5.78. The molecule has 0 aromatic rings. The van der Waals surface area contributed by atoms with Crippen molar-refractivity contribution in [2.45, 2.75) is 105 Å². The third-order valence-electron chi connectivity index (χ3n) is 11.1. The SMILES string of the molecule is CC[C@@H](C)B([C@H]1C[C@H]2C[C@@H]([C@@H]1C)C2(C)C)[C@H]1C[C@H]2C[C@@H]([C@@H]1C)C2(C)C. The van der Waals surface area contributed by atoms with Gasteiger partial charge in [-0.25, -0.2) is 0 Å². The molecular formula is C24H43B. The van der Waals surface area contributed by atoms with Gasteiger partial charge in [-0.05, 0) is 59.2 Å². The van der Waals surface area contributed by atoms with Gasteiger partial charge in [0.05, 0.1) is 0 Å². The van der Waals surface area contributed by atoms with Gasteiger partial charge in [-0.3, -0.25) is 0 Å². The molecule has 142 valence electrons. The predicted octanol–water partition coefficient (Wildman–Crippen LogP) is 7.43. The van der Waals surface area contributed by atoms with Gasteiger partial charge in [-0.2, -0.15) is 0 Å². The minimum atomic E-state index is 0.637. The number of hydrogen-bond donors (Lipinski definition) is 0. The fourth-order valence-corrected chi connectivity index (χ4v) is 8.83. The van der Waals surface area contributed by atoms with Crippen molar-refractivity contribution in [3.63, 3.8) is 0 Å². The van der Waals surface area contributed by atoms with Crippen LogP contribution in [0.1, 0.15) is 87.5 Å². The van der Waals surface area contributed by atoms with Crippen molar-refractivity contribution in [2.75, 3.05) is 0 Å². The number of fused-ring (bicyclic) bond motifs is 4. The highest BCUT2D eigenvalue weighted by Gasteiger charge is 2.62. The van der Waals surface area contributed by atoms with E-state index in [0.29, 0.717) is 10.8 Å². The maximum atomic E-state index is 2.64. The second-order valence-corrected chi connectivity index (χ2v) is 12.2. The molecule has 0 heterocycles. The Morgan fingerprint density at radius 2 is 1.20 bits per heavy atom. The van der Waals surface area contributed by atoms with Crippen LogP contribution in [0.2, 0.25) is 17.5 Å². The first-order chi connectivity index (χ1) is 11.6. The topological polar surface area (TPSA) is 0 Å². The van der Waals surface area contributed by atoms with Crippen LogP contribution in [0.15, 0.2) is 0 Å². The molecule has 9 atom stereocenters. The lowest BCUT2D eigenvalue weighted by molar-refractivity contribution is -0.108. The molecule has 0 radical (unpaired) electrons. The molecule has 6 aliphatic carbocycles. The van der Waals surface area contributed by atoms with Gasteiger partial charge in [0, 0.05) is 0 Å². The zero-order valence-corrected chi connectivity index (χ0v) is 18.3. The quantitative estimate of drug-likeness (QED) is 0.466. The molecule has 6 fully saturated rings. The van der Waals surface area contributed by atoms with Gasteiger partial charge in [-0.1, -0.05) is 92.1 Å². The molecule has 0 nitrogen and oxygen atoms in total. The second-order valence-electron chi connectivity index (χ2n) is 12.2.